The van der Waals surface area contributed by atoms with Gasteiger partial charge in [-0.3, -0.25) is 0 Å². The molecule has 10 atom stereocenters. The summed E-state index contributed by atoms with van der Waals surface area (Å²) in [5.74, 6) is 0. The molecule has 0 aromatic carbocycles. The van der Waals surface area contributed by atoms with Crippen LogP contribution in [0.3, 0.4) is 0 Å². The average Bonchev–Trinajstić information content (AvgIpc) is 2.53. The maximum atomic E-state index is 10.6. The molecular formula is C12H21ClO11. The largest absolute Gasteiger partial charge is 0.394 e. The maximum absolute atomic E-state index is 10.6. The van der Waals surface area contributed by atoms with E-state index in [1.165, 1.54) is 0 Å². The molecule has 2 aliphatic rings. The van der Waals surface area contributed by atoms with Gasteiger partial charge in [-0.2, -0.15) is 0 Å². The van der Waals surface area contributed by atoms with Crippen molar-refractivity contribution in [1.29, 1.82) is 0 Å². The molecule has 0 spiro atoms. The molecular weight excluding hydrogens is 356 g/mol. The molecule has 0 aromatic rings. The summed E-state index contributed by atoms with van der Waals surface area (Å²) in [5, 5.41) is 89.6. The molecule has 0 amide bonds. The normalized spacial score (nSPS) is 54.5. The number of ether oxygens (including phenoxy) is 2. The lowest BCUT2D eigenvalue weighted by molar-refractivity contribution is -0.401. The van der Waals surface area contributed by atoms with E-state index in [0.717, 1.165) is 0 Å². The van der Waals surface area contributed by atoms with E-state index in [9.17, 15) is 40.9 Å². The van der Waals surface area contributed by atoms with Gasteiger partial charge in [-0.05, 0) is 0 Å². The Balaban J connectivity index is 2.38. The summed E-state index contributed by atoms with van der Waals surface area (Å²) in [4.78, 5) is 0. The Labute approximate surface area is 140 Å². The Hall–Kier alpha value is -0.150. The van der Waals surface area contributed by atoms with Gasteiger partial charge in [0.05, 0.1) is 13.2 Å². The smallest absolute Gasteiger partial charge is 0.190 e. The molecule has 0 radical (unpaired) electrons. The fraction of sp³-hybridized carbons (Fsp3) is 1.00. The van der Waals surface area contributed by atoms with Gasteiger partial charge in [0.15, 0.2) is 23.1 Å². The molecule has 142 valence electrons. The SMILES string of the molecule is OC[C@H]1OC[C@](O)([C@]2(O)[C@@H](O)O[C@H](C(O)Cl)[C@@H](O)[C@@H]2O)[C@@H](O)[C@@H]1O. The molecule has 0 saturated carbocycles. The van der Waals surface area contributed by atoms with Crippen LogP contribution in [-0.4, -0.2) is 119 Å². The fourth-order valence-electron chi connectivity index (χ4n) is 3.03. The third-order valence-electron chi connectivity index (χ3n) is 4.63. The number of aliphatic hydroxyl groups excluding tert-OH is 7. The minimum absolute atomic E-state index is 0.711. The average molecular weight is 377 g/mol. The summed E-state index contributed by atoms with van der Waals surface area (Å²) < 4.78 is 9.70. The van der Waals surface area contributed by atoms with E-state index in [4.69, 9.17) is 26.2 Å². The maximum Gasteiger partial charge on any atom is 0.190 e. The van der Waals surface area contributed by atoms with Crippen LogP contribution in [0.25, 0.3) is 0 Å². The Morgan fingerprint density at radius 1 is 1.04 bits per heavy atom. The monoisotopic (exact) mass is 376 g/mol. The van der Waals surface area contributed by atoms with E-state index in [1.807, 2.05) is 0 Å². The Kier molecular flexibility index (Phi) is 5.77. The lowest BCUT2D eigenvalue weighted by Gasteiger charge is -2.57. The molecule has 9 N–H and O–H groups in total. The van der Waals surface area contributed by atoms with Gasteiger partial charge < -0.3 is 55.4 Å². The molecule has 2 rings (SSSR count). The molecule has 2 saturated heterocycles. The van der Waals surface area contributed by atoms with Crippen LogP contribution in [0, 0.1) is 0 Å². The van der Waals surface area contributed by atoms with Crippen molar-refractivity contribution in [3.05, 3.63) is 0 Å². The zero-order valence-electron chi connectivity index (χ0n) is 12.3. The minimum atomic E-state index is -3.12. The molecule has 0 aliphatic carbocycles. The molecule has 0 aromatic heterocycles. The van der Waals surface area contributed by atoms with Crippen molar-refractivity contribution >= 4 is 11.6 Å². The zero-order chi connectivity index (χ0) is 18.4. The lowest BCUT2D eigenvalue weighted by atomic mass is 9.68. The molecule has 2 fully saturated rings. The molecule has 11 nitrogen and oxygen atoms in total. The second kappa shape index (κ2) is 6.87. The van der Waals surface area contributed by atoms with Crippen molar-refractivity contribution in [2.75, 3.05) is 13.2 Å². The van der Waals surface area contributed by atoms with Gasteiger partial charge in [-0.25, -0.2) is 0 Å². The highest BCUT2D eigenvalue weighted by Crippen LogP contribution is 2.43. The van der Waals surface area contributed by atoms with Crippen LogP contribution in [0.5, 0.6) is 0 Å². The summed E-state index contributed by atoms with van der Waals surface area (Å²) in [6, 6.07) is 0. The van der Waals surface area contributed by atoms with Crippen molar-refractivity contribution in [3.8, 4) is 0 Å². The van der Waals surface area contributed by atoms with Gasteiger partial charge in [0, 0.05) is 0 Å². The number of halogens is 1. The lowest BCUT2D eigenvalue weighted by Crippen LogP contribution is -2.82. The van der Waals surface area contributed by atoms with Crippen molar-refractivity contribution < 1.29 is 55.4 Å². The van der Waals surface area contributed by atoms with E-state index in [0.29, 0.717) is 0 Å². The molecule has 12 heteroatoms. The van der Waals surface area contributed by atoms with E-state index >= 15 is 0 Å². The van der Waals surface area contributed by atoms with Crippen LogP contribution in [0.4, 0.5) is 0 Å². The first-order valence-corrected chi connectivity index (χ1v) is 7.51. The predicted molar refractivity (Wildman–Crippen MR) is 73.5 cm³/mol. The highest BCUT2D eigenvalue weighted by atomic mass is 35.5. The third-order valence-corrected chi connectivity index (χ3v) is 4.88. The Morgan fingerprint density at radius 3 is 2.12 bits per heavy atom. The number of aliphatic hydroxyl groups is 9. The standard InChI is InChI=1S/C12H21ClO11/c13-9(19)6-5(16)8(18)12(22,10(20)24-6)11(21)2-23-3(1-14)4(15)7(11)17/h3-10,14-22H,1-2H2/t3-,4-,5-,6+,7+,8+,9?,10+,11-,12-/m1/s1. The van der Waals surface area contributed by atoms with Gasteiger partial charge in [0.25, 0.3) is 0 Å². The Morgan fingerprint density at radius 2 is 1.62 bits per heavy atom. The van der Waals surface area contributed by atoms with Gasteiger partial charge in [-0.1, -0.05) is 11.6 Å². The number of rotatable bonds is 3. The summed E-state index contributed by atoms with van der Waals surface area (Å²) in [7, 11) is 0. The van der Waals surface area contributed by atoms with Gasteiger partial charge in [0.2, 0.25) is 0 Å². The highest BCUT2D eigenvalue weighted by molar-refractivity contribution is 6.19. The van der Waals surface area contributed by atoms with Crippen molar-refractivity contribution in [3.63, 3.8) is 0 Å². The second-order valence-corrected chi connectivity index (χ2v) is 6.43. The second-order valence-electron chi connectivity index (χ2n) is 5.98. The van der Waals surface area contributed by atoms with Crippen LogP contribution in [0.2, 0.25) is 0 Å². The van der Waals surface area contributed by atoms with E-state index in [-0.39, 0.29) is 0 Å². The molecule has 2 heterocycles. The first kappa shape index (κ1) is 20.2. The van der Waals surface area contributed by atoms with Crippen LogP contribution < -0.4 is 0 Å². The topological polar surface area (TPSA) is 201 Å². The molecule has 2 aliphatic heterocycles. The summed E-state index contributed by atoms with van der Waals surface area (Å²) in [5.41, 5.74) is -7.87. The van der Waals surface area contributed by atoms with Crippen molar-refractivity contribution in [2.24, 2.45) is 0 Å². The van der Waals surface area contributed by atoms with Crippen molar-refractivity contribution in [2.45, 2.75) is 59.7 Å². The summed E-state index contributed by atoms with van der Waals surface area (Å²) >= 11 is 5.35. The van der Waals surface area contributed by atoms with Crippen LogP contribution in [-0.2, 0) is 9.47 Å². The zero-order valence-corrected chi connectivity index (χ0v) is 13.0. The van der Waals surface area contributed by atoms with Crippen LogP contribution in [0.15, 0.2) is 0 Å². The Bertz CT molecular complexity index is 453. The van der Waals surface area contributed by atoms with E-state index < -0.39 is 72.9 Å². The quantitative estimate of drug-likeness (QED) is 0.213. The van der Waals surface area contributed by atoms with E-state index in [1.54, 1.807) is 0 Å². The number of hydrogen-bond acceptors (Lipinski definition) is 11. The fourth-order valence-corrected chi connectivity index (χ4v) is 3.24. The third kappa shape index (κ3) is 2.74. The van der Waals surface area contributed by atoms with Crippen molar-refractivity contribution in [1.82, 2.24) is 0 Å². The first-order chi connectivity index (χ1) is 11.0. The van der Waals surface area contributed by atoms with Crippen LogP contribution >= 0.6 is 11.6 Å². The number of alkyl halides is 1. The first-order valence-electron chi connectivity index (χ1n) is 7.07. The predicted octanol–water partition coefficient (Wildman–Crippen LogP) is -5.44. The highest BCUT2D eigenvalue weighted by Gasteiger charge is 2.70. The van der Waals surface area contributed by atoms with Gasteiger partial charge >= 0.3 is 0 Å². The van der Waals surface area contributed by atoms with Crippen LogP contribution in [0.1, 0.15) is 0 Å². The van der Waals surface area contributed by atoms with Gasteiger partial charge in [0.1, 0.15) is 36.6 Å². The minimum Gasteiger partial charge on any atom is -0.394 e. The van der Waals surface area contributed by atoms with Gasteiger partial charge in [-0.15, -0.1) is 0 Å². The summed E-state index contributed by atoms with van der Waals surface area (Å²) in [6.07, 6.45) is -13.9. The molecule has 1 unspecified atom stereocenters. The molecule has 24 heavy (non-hydrogen) atoms. The number of hydrogen-bond donors (Lipinski definition) is 9. The summed E-state index contributed by atoms with van der Waals surface area (Å²) in [6.45, 7) is -1.64. The van der Waals surface area contributed by atoms with E-state index in [2.05, 4.69) is 0 Å². The molecule has 0 bridgehead atoms.